The molecule has 3 aromatic rings. The first kappa shape index (κ1) is 13.4. The second kappa shape index (κ2) is 5.48. The van der Waals surface area contributed by atoms with E-state index in [0.717, 1.165) is 5.52 Å². The van der Waals surface area contributed by atoms with Crippen molar-refractivity contribution < 1.29 is 14.3 Å². The number of hydrogen-bond acceptors (Lipinski definition) is 5. The van der Waals surface area contributed by atoms with Gasteiger partial charge in [0, 0.05) is 18.0 Å². The van der Waals surface area contributed by atoms with Crippen LogP contribution in [0, 0.1) is 0 Å². The zero-order valence-electron chi connectivity index (χ0n) is 12.0. The number of carbonyl (C=O) groups excluding carboxylic acids is 1. The smallest absolute Gasteiger partial charge is 0.319 e. The van der Waals surface area contributed by atoms with Crippen LogP contribution >= 0.6 is 0 Å². The Morgan fingerprint density at radius 3 is 3.09 bits per heavy atom. The number of ether oxygens (including phenoxy) is 2. The Hall–Kier alpha value is -3.29. The maximum absolute atomic E-state index is 11.9. The molecule has 1 aliphatic heterocycles. The Morgan fingerprint density at radius 1 is 1.26 bits per heavy atom. The normalized spacial score (nSPS) is 12.3. The van der Waals surface area contributed by atoms with Crippen LogP contribution in [0.3, 0.4) is 0 Å². The van der Waals surface area contributed by atoms with E-state index in [9.17, 15) is 4.79 Å². The summed E-state index contributed by atoms with van der Waals surface area (Å²) in [6, 6.07) is 8.58. The zero-order valence-corrected chi connectivity index (χ0v) is 12.0. The molecule has 0 fully saturated rings. The molecule has 23 heavy (non-hydrogen) atoms. The number of imidazole rings is 1. The Bertz CT molecular complexity index is 843. The molecule has 0 saturated carbocycles. The number of urea groups is 1. The number of fused-ring (bicyclic) bond motifs is 2. The third kappa shape index (κ3) is 2.73. The lowest BCUT2D eigenvalue weighted by atomic mass is 10.3. The van der Waals surface area contributed by atoms with Gasteiger partial charge in [-0.3, -0.25) is 0 Å². The van der Waals surface area contributed by atoms with Crippen LogP contribution in [0.2, 0.25) is 0 Å². The van der Waals surface area contributed by atoms with Gasteiger partial charge in [-0.2, -0.15) is 0 Å². The van der Waals surface area contributed by atoms with E-state index in [1.54, 1.807) is 24.4 Å². The summed E-state index contributed by atoms with van der Waals surface area (Å²) in [5, 5.41) is 5.47. The highest BCUT2D eigenvalue weighted by Crippen LogP contribution is 2.34. The molecular weight excluding hydrogens is 298 g/mol. The maximum atomic E-state index is 11.9. The SMILES string of the molecule is O=C(NCc1nc2ncccc2[nH]1)Nc1ccc2c(c1)OCO2. The number of amides is 2. The van der Waals surface area contributed by atoms with Crippen molar-refractivity contribution in [1.29, 1.82) is 0 Å². The van der Waals surface area contributed by atoms with Crippen LogP contribution in [0.25, 0.3) is 11.2 Å². The van der Waals surface area contributed by atoms with Crippen molar-refractivity contribution >= 4 is 22.9 Å². The summed E-state index contributed by atoms with van der Waals surface area (Å²) in [5.41, 5.74) is 2.08. The van der Waals surface area contributed by atoms with Gasteiger partial charge in [0.2, 0.25) is 6.79 Å². The molecule has 8 heteroatoms. The van der Waals surface area contributed by atoms with Crippen LogP contribution in [0.5, 0.6) is 11.5 Å². The van der Waals surface area contributed by atoms with Gasteiger partial charge in [-0.25, -0.2) is 14.8 Å². The van der Waals surface area contributed by atoms with Crippen LogP contribution in [0.15, 0.2) is 36.5 Å². The minimum Gasteiger partial charge on any atom is -0.454 e. The summed E-state index contributed by atoms with van der Waals surface area (Å²) < 4.78 is 10.5. The molecule has 0 bridgehead atoms. The van der Waals surface area contributed by atoms with Crippen molar-refractivity contribution in [2.75, 3.05) is 12.1 Å². The lowest BCUT2D eigenvalue weighted by Crippen LogP contribution is -2.28. The Kier molecular flexibility index (Phi) is 3.19. The second-order valence-electron chi connectivity index (χ2n) is 4.93. The molecule has 4 rings (SSSR count). The predicted octanol–water partition coefficient (Wildman–Crippen LogP) is 2.01. The lowest BCUT2D eigenvalue weighted by molar-refractivity contribution is 0.174. The number of benzene rings is 1. The van der Waals surface area contributed by atoms with Crippen LogP contribution in [-0.4, -0.2) is 27.8 Å². The van der Waals surface area contributed by atoms with Crippen LogP contribution in [0.1, 0.15) is 5.82 Å². The van der Waals surface area contributed by atoms with Crippen molar-refractivity contribution in [2.24, 2.45) is 0 Å². The van der Waals surface area contributed by atoms with Gasteiger partial charge in [0.15, 0.2) is 17.1 Å². The average molecular weight is 311 g/mol. The Labute approximate surface area is 130 Å². The van der Waals surface area contributed by atoms with E-state index in [2.05, 4.69) is 25.6 Å². The fourth-order valence-corrected chi connectivity index (χ4v) is 2.29. The molecule has 1 aromatic carbocycles. The lowest BCUT2D eigenvalue weighted by Gasteiger charge is -2.07. The van der Waals surface area contributed by atoms with E-state index >= 15 is 0 Å². The molecule has 3 heterocycles. The van der Waals surface area contributed by atoms with Gasteiger partial charge in [-0.15, -0.1) is 0 Å². The largest absolute Gasteiger partial charge is 0.454 e. The fourth-order valence-electron chi connectivity index (χ4n) is 2.29. The highest BCUT2D eigenvalue weighted by atomic mass is 16.7. The molecule has 2 aromatic heterocycles. The Morgan fingerprint density at radius 2 is 2.17 bits per heavy atom. The molecule has 0 saturated heterocycles. The predicted molar refractivity (Wildman–Crippen MR) is 82.3 cm³/mol. The summed E-state index contributed by atoms with van der Waals surface area (Å²) in [5.74, 6) is 1.93. The number of aromatic amines is 1. The molecule has 2 amide bonds. The molecule has 0 radical (unpaired) electrons. The minimum absolute atomic E-state index is 0.199. The molecule has 0 aliphatic carbocycles. The zero-order chi connectivity index (χ0) is 15.6. The summed E-state index contributed by atoms with van der Waals surface area (Å²) >= 11 is 0. The van der Waals surface area contributed by atoms with Gasteiger partial charge in [-0.05, 0) is 24.3 Å². The molecule has 1 aliphatic rings. The van der Waals surface area contributed by atoms with E-state index in [1.165, 1.54) is 0 Å². The standard InChI is InChI=1S/C15H13N5O3/c21-15(18-9-3-4-11-12(6-9)23-8-22-11)17-7-13-19-10-2-1-5-16-14(10)20-13/h1-6H,7-8H2,(H,16,19,20)(H2,17,18,21). The van der Waals surface area contributed by atoms with Crippen molar-refractivity contribution in [1.82, 2.24) is 20.3 Å². The minimum atomic E-state index is -0.336. The fraction of sp³-hybridized carbons (Fsp3) is 0.133. The average Bonchev–Trinajstić information content (AvgIpc) is 3.18. The van der Waals surface area contributed by atoms with Gasteiger partial charge in [0.25, 0.3) is 0 Å². The number of nitrogens with one attached hydrogen (secondary N) is 3. The van der Waals surface area contributed by atoms with Gasteiger partial charge in [-0.1, -0.05) is 0 Å². The number of carbonyl (C=O) groups is 1. The topological polar surface area (TPSA) is 101 Å². The van der Waals surface area contributed by atoms with Crippen LogP contribution < -0.4 is 20.1 Å². The quantitative estimate of drug-likeness (QED) is 0.687. The number of anilines is 1. The third-order valence-electron chi connectivity index (χ3n) is 3.35. The van der Waals surface area contributed by atoms with E-state index in [1.807, 2.05) is 12.1 Å². The van der Waals surface area contributed by atoms with Gasteiger partial charge < -0.3 is 25.1 Å². The summed E-state index contributed by atoms with van der Waals surface area (Å²) in [6.07, 6.45) is 1.67. The van der Waals surface area contributed by atoms with E-state index in [4.69, 9.17) is 9.47 Å². The molecule has 0 unspecified atom stereocenters. The van der Waals surface area contributed by atoms with Gasteiger partial charge >= 0.3 is 6.03 Å². The number of hydrogen-bond donors (Lipinski definition) is 3. The molecular formula is C15H13N5O3. The summed E-state index contributed by atoms with van der Waals surface area (Å²) in [7, 11) is 0. The number of rotatable bonds is 3. The van der Waals surface area contributed by atoms with Crippen LogP contribution in [0.4, 0.5) is 10.5 Å². The molecule has 8 nitrogen and oxygen atoms in total. The monoisotopic (exact) mass is 311 g/mol. The van der Waals surface area contributed by atoms with E-state index in [0.29, 0.717) is 28.7 Å². The summed E-state index contributed by atoms with van der Waals surface area (Å²) in [4.78, 5) is 23.5. The van der Waals surface area contributed by atoms with Gasteiger partial charge in [0.1, 0.15) is 5.82 Å². The number of pyridine rings is 1. The highest BCUT2D eigenvalue weighted by molar-refractivity contribution is 5.89. The van der Waals surface area contributed by atoms with Crippen molar-refractivity contribution in [3.63, 3.8) is 0 Å². The van der Waals surface area contributed by atoms with Gasteiger partial charge in [0.05, 0.1) is 12.1 Å². The number of H-pyrrole nitrogens is 1. The van der Waals surface area contributed by atoms with Crippen molar-refractivity contribution in [3.8, 4) is 11.5 Å². The molecule has 0 atom stereocenters. The summed E-state index contributed by atoms with van der Waals surface area (Å²) in [6.45, 7) is 0.470. The first-order valence-corrected chi connectivity index (χ1v) is 7.02. The van der Waals surface area contributed by atoms with Crippen LogP contribution in [-0.2, 0) is 6.54 Å². The first-order valence-electron chi connectivity index (χ1n) is 7.02. The van der Waals surface area contributed by atoms with E-state index < -0.39 is 0 Å². The Balaban J connectivity index is 1.38. The highest BCUT2D eigenvalue weighted by Gasteiger charge is 2.14. The molecule has 0 spiro atoms. The molecule has 116 valence electrons. The first-order chi connectivity index (χ1) is 11.3. The molecule has 3 N–H and O–H groups in total. The maximum Gasteiger partial charge on any atom is 0.319 e. The number of nitrogens with zero attached hydrogens (tertiary/aromatic N) is 2. The second-order valence-corrected chi connectivity index (χ2v) is 4.93. The third-order valence-corrected chi connectivity index (χ3v) is 3.35. The van der Waals surface area contributed by atoms with Crippen molar-refractivity contribution in [2.45, 2.75) is 6.54 Å². The van der Waals surface area contributed by atoms with Crippen molar-refractivity contribution in [3.05, 3.63) is 42.4 Å². The van der Waals surface area contributed by atoms with E-state index in [-0.39, 0.29) is 19.4 Å². The number of aromatic nitrogens is 3.